The van der Waals surface area contributed by atoms with Gasteiger partial charge in [0.2, 0.25) is 5.91 Å². The summed E-state index contributed by atoms with van der Waals surface area (Å²) in [7, 11) is 1.56. The molecule has 3 unspecified atom stereocenters. The molecule has 0 saturated carbocycles. The highest BCUT2D eigenvalue weighted by molar-refractivity contribution is 7.47. The predicted octanol–water partition coefficient (Wildman–Crippen LogP) is 11.4. The molecule has 302 valence electrons. The van der Waals surface area contributed by atoms with Crippen molar-refractivity contribution in [3.05, 3.63) is 24.3 Å². The third-order valence-corrected chi connectivity index (χ3v) is 10.4. The Kier molecular flexibility index (Phi) is 34.0. The number of hydrogen-bond donors (Lipinski definition) is 3. The van der Waals surface area contributed by atoms with Gasteiger partial charge in [0.1, 0.15) is 13.2 Å². The summed E-state index contributed by atoms with van der Waals surface area (Å²) in [4.78, 5) is 23.0. The zero-order valence-corrected chi connectivity index (χ0v) is 35.0. The van der Waals surface area contributed by atoms with Crippen LogP contribution in [0.4, 0.5) is 0 Å². The van der Waals surface area contributed by atoms with Crippen molar-refractivity contribution in [1.29, 1.82) is 0 Å². The average molecular weight is 744 g/mol. The lowest BCUT2D eigenvalue weighted by Crippen LogP contribution is -2.45. The molecule has 1 amide bonds. The van der Waals surface area contributed by atoms with Gasteiger partial charge in [0.15, 0.2) is 0 Å². The van der Waals surface area contributed by atoms with E-state index in [0.717, 1.165) is 38.5 Å². The molecule has 0 rings (SSSR count). The normalized spacial score (nSPS) is 14.7. The Morgan fingerprint density at radius 1 is 0.647 bits per heavy atom. The first-order valence-corrected chi connectivity index (χ1v) is 22.7. The van der Waals surface area contributed by atoms with Crippen LogP contribution in [-0.4, -0.2) is 73.4 Å². The number of amides is 1. The summed E-state index contributed by atoms with van der Waals surface area (Å²) in [6.45, 7) is 4.77. The Bertz CT molecular complexity index is 891. The Morgan fingerprint density at radius 3 is 1.57 bits per heavy atom. The second kappa shape index (κ2) is 34.7. The van der Waals surface area contributed by atoms with Crippen LogP contribution in [0, 0.1) is 0 Å². The zero-order chi connectivity index (χ0) is 37.9. The van der Waals surface area contributed by atoms with Gasteiger partial charge >= 0.3 is 7.82 Å². The van der Waals surface area contributed by atoms with Crippen LogP contribution in [0.1, 0.15) is 187 Å². The van der Waals surface area contributed by atoms with Gasteiger partial charge in [-0.25, -0.2) is 4.57 Å². The fourth-order valence-corrected chi connectivity index (χ4v) is 6.73. The standard InChI is InChI=1S/C42H83N2O6P/c1-6-8-10-12-14-16-18-19-20-21-22-23-24-26-28-30-32-34-36-42(46)43-40(39-50-51(47,48)49-38-37-44(3,4)5)41(45)35-33-31-29-27-25-17-15-13-11-9-7-2/h25,27,33,35,40-41,45H,6-24,26,28-32,34,36-39H2,1-5H3,(H-,43,46,47,48)/p+1/b27-25+,35-33+. The van der Waals surface area contributed by atoms with Crippen LogP contribution in [-0.2, 0) is 18.4 Å². The molecule has 3 atom stereocenters. The third-order valence-electron chi connectivity index (χ3n) is 9.42. The lowest BCUT2D eigenvalue weighted by Gasteiger charge is -2.25. The first-order chi connectivity index (χ1) is 24.5. The molecular formula is C42H84N2O6P+. The lowest BCUT2D eigenvalue weighted by molar-refractivity contribution is -0.870. The molecule has 0 aliphatic heterocycles. The van der Waals surface area contributed by atoms with Crippen LogP contribution >= 0.6 is 7.82 Å². The van der Waals surface area contributed by atoms with Crippen molar-refractivity contribution in [2.75, 3.05) is 40.9 Å². The number of aliphatic hydroxyl groups excluding tert-OH is 1. The molecular weight excluding hydrogens is 659 g/mol. The minimum atomic E-state index is -4.33. The minimum absolute atomic E-state index is 0.0579. The number of rotatable bonds is 38. The number of hydrogen-bond acceptors (Lipinski definition) is 5. The van der Waals surface area contributed by atoms with Crippen LogP contribution < -0.4 is 5.32 Å². The second-order valence-corrected chi connectivity index (χ2v) is 17.2. The van der Waals surface area contributed by atoms with Crippen molar-refractivity contribution in [3.8, 4) is 0 Å². The van der Waals surface area contributed by atoms with E-state index in [9.17, 15) is 19.4 Å². The van der Waals surface area contributed by atoms with E-state index in [0.29, 0.717) is 17.4 Å². The molecule has 51 heavy (non-hydrogen) atoms. The van der Waals surface area contributed by atoms with Crippen LogP contribution in [0.25, 0.3) is 0 Å². The van der Waals surface area contributed by atoms with Crippen molar-refractivity contribution >= 4 is 13.7 Å². The van der Waals surface area contributed by atoms with Gasteiger partial charge in [-0.05, 0) is 32.1 Å². The highest BCUT2D eigenvalue weighted by Gasteiger charge is 2.27. The number of allylic oxidation sites excluding steroid dienone is 3. The molecule has 0 fully saturated rings. The topological polar surface area (TPSA) is 105 Å². The van der Waals surface area contributed by atoms with Gasteiger partial charge in [-0.15, -0.1) is 0 Å². The van der Waals surface area contributed by atoms with E-state index in [-0.39, 0.29) is 19.1 Å². The Hall–Kier alpha value is -1.02. The van der Waals surface area contributed by atoms with Crippen molar-refractivity contribution < 1.29 is 32.9 Å². The molecule has 0 bridgehead atoms. The minimum Gasteiger partial charge on any atom is -0.387 e. The molecule has 0 aromatic heterocycles. The van der Waals surface area contributed by atoms with Crippen LogP contribution in [0.15, 0.2) is 24.3 Å². The fraction of sp³-hybridized carbons (Fsp3) is 0.881. The molecule has 0 radical (unpaired) electrons. The quantitative estimate of drug-likeness (QED) is 0.0252. The molecule has 9 heteroatoms. The van der Waals surface area contributed by atoms with Crippen LogP contribution in [0.2, 0.25) is 0 Å². The molecule has 0 saturated heterocycles. The number of likely N-dealkylation sites (N-methyl/N-ethyl adjacent to an activating group) is 1. The fourth-order valence-electron chi connectivity index (χ4n) is 6.00. The highest BCUT2D eigenvalue weighted by Crippen LogP contribution is 2.43. The van der Waals surface area contributed by atoms with E-state index >= 15 is 0 Å². The van der Waals surface area contributed by atoms with E-state index in [1.54, 1.807) is 6.08 Å². The van der Waals surface area contributed by atoms with E-state index in [1.807, 2.05) is 27.2 Å². The smallest absolute Gasteiger partial charge is 0.387 e. The lowest BCUT2D eigenvalue weighted by atomic mass is 10.0. The number of phosphoric ester groups is 1. The summed E-state index contributed by atoms with van der Waals surface area (Å²) in [6.07, 6.45) is 39.6. The summed E-state index contributed by atoms with van der Waals surface area (Å²) in [5.41, 5.74) is 0. The zero-order valence-electron chi connectivity index (χ0n) is 34.1. The third kappa shape index (κ3) is 37.1. The van der Waals surface area contributed by atoms with Gasteiger partial charge in [-0.3, -0.25) is 13.8 Å². The van der Waals surface area contributed by atoms with Crippen molar-refractivity contribution in [2.45, 2.75) is 199 Å². The first-order valence-electron chi connectivity index (χ1n) is 21.2. The molecule has 3 N–H and O–H groups in total. The summed E-state index contributed by atoms with van der Waals surface area (Å²) >= 11 is 0. The number of unbranched alkanes of at least 4 members (excludes halogenated alkanes) is 23. The number of phosphoric acid groups is 1. The molecule has 0 heterocycles. The SMILES string of the molecule is CCCCCCC/C=C/CC/C=C/C(O)C(COP(=O)(O)OCC[N+](C)(C)C)NC(=O)CCCCCCCCCCCCCCCCCCCC. The summed E-state index contributed by atoms with van der Waals surface area (Å²) < 4.78 is 23.5. The Morgan fingerprint density at radius 2 is 1.08 bits per heavy atom. The molecule has 0 aliphatic rings. The monoisotopic (exact) mass is 744 g/mol. The number of quaternary nitrogens is 1. The Labute approximate surface area is 315 Å². The van der Waals surface area contributed by atoms with E-state index in [2.05, 4.69) is 31.3 Å². The van der Waals surface area contributed by atoms with Crippen LogP contribution in [0.3, 0.4) is 0 Å². The molecule has 0 spiro atoms. The first kappa shape index (κ1) is 50.0. The number of nitrogens with zero attached hydrogens (tertiary/aromatic N) is 1. The van der Waals surface area contributed by atoms with Crippen molar-refractivity contribution in [1.82, 2.24) is 5.32 Å². The number of nitrogens with one attached hydrogen (secondary N) is 1. The Balaban J connectivity index is 4.39. The maximum absolute atomic E-state index is 12.8. The number of aliphatic hydroxyl groups is 1. The predicted molar refractivity (Wildman–Crippen MR) is 217 cm³/mol. The van der Waals surface area contributed by atoms with Gasteiger partial charge in [0.05, 0.1) is 39.9 Å². The van der Waals surface area contributed by atoms with E-state index in [1.165, 1.54) is 128 Å². The molecule has 8 nitrogen and oxygen atoms in total. The van der Waals surface area contributed by atoms with Gasteiger partial charge in [-0.2, -0.15) is 0 Å². The molecule has 0 aromatic rings. The van der Waals surface area contributed by atoms with Crippen molar-refractivity contribution in [3.63, 3.8) is 0 Å². The van der Waals surface area contributed by atoms with Crippen LogP contribution in [0.5, 0.6) is 0 Å². The molecule has 0 aliphatic carbocycles. The largest absolute Gasteiger partial charge is 0.472 e. The maximum Gasteiger partial charge on any atom is 0.472 e. The number of carbonyl (C=O) groups excluding carboxylic acids is 1. The van der Waals surface area contributed by atoms with E-state index < -0.39 is 20.0 Å². The maximum atomic E-state index is 12.8. The molecule has 0 aromatic carbocycles. The summed E-state index contributed by atoms with van der Waals surface area (Å²) in [5, 5.41) is 13.7. The van der Waals surface area contributed by atoms with E-state index in [4.69, 9.17) is 9.05 Å². The highest BCUT2D eigenvalue weighted by atomic mass is 31.2. The van der Waals surface area contributed by atoms with Gasteiger partial charge < -0.3 is 19.8 Å². The summed E-state index contributed by atoms with van der Waals surface area (Å²) in [6, 6.07) is -0.856. The summed E-state index contributed by atoms with van der Waals surface area (Å²) in [5.74, 6) is -0.187. The number of carbonyl (C=O) groups is 1. The van der Waals surface area contributed by atoms with Crippen molar-refractivity contribution in [2.24, 2.45) is 0 Å². The van der Waals surface area contributed by atoms with Gasteiger partial charge in [0.25, 0.3) is 0 Å². The second-order valence-electron chi connectivity index (χ2n) is 15.7. The van der Waals surface area contributed by atoms with Gasteiger partial charge in [-0.1, -0.05) is 173 Å². The average Bonchev–Trinajstić information content (AvgIpc) is 3.07. The van der Waals surface area contributed by atoms with Gasteiger partial charge in [0, 0.05) is 6.42 Å².